The van der Waals surface area contributed by atoms with Gasteiger partial charge in [0.1, 0.15) is 5.75 Å². The largest absolute Gasteiger partial charge is 0.493 e. The zero-order chi connectivity index (χ0) is 18.7. The molecule has 1 fully saturated rings. The fraction of sp³-hybridized carbons (Fsp3) is 0.650. The fourth-order valence-electron chi connectivity index (χ4n) is 2.77. The first-order valence-electron chi connectivity index (χ1n) is 9.48. The van der Waals surface area contributed by atoms with Crippen molar-refractivity contribution in [2.45, 2.75) is 32.6 Å². The molecule has 27 heavy (non-hydrogen) atoms. The van der Waals surface area contributed by atoms with Gasteiger partial charge in [0.05, 0.1) is 6.61 Å². The van der Waals surface area contributed by atoms with E-state index < -0.39 is 0 Å². The highest BCUT2D eigenvalue weighted by Gasteiger charge is 2.41. The lowest BCUT2D eigenvalue weighted by atomic mass is 10.0. The average molecular weight is 491 g/mol. The van der Waals surface area contributed by atoms with Crippen molar-refractivity contribution < 1.29 is 14.2 Å². The molecule has 0 aliphatic heterocycles. The normalized spacial score (nSPS) is 15.0. The van der Waals surface area contributed by atoms with Crippen LogP contribution in [0.25, 0.3) is 0 Å². The second-order valence-electron chi connectivity index (χ2n) is 6.72. The van der Waals surface area contributed by atoms with E-state index in [4.69, 9.17) is 14.2 Å². The lowest BCUT2D eigenvalue weighted by Gasteiger charge is -2.18. The molecule has 0 radical (unpaired) electrons. The van der Waals surface area contributed by atoms with Gasteiger partial charge in [0, 0.05) is 58.7 Å². The summed E-state index contributed by atoms with van der Waals surface area (Å²) in [5.41, 5.74) is 1.33. The third-order valence-corrected chi connectivity index (χ3v) is 4.65. The van der Waals surface area contributed by atoms with Crippen molar-refractivity contribution in [2.24, 2.45) is 10.4 Å². The third-order valence-electron chi connectivity index (χ3n) is 4.65. The van der Waals surface area contributed by atoms with E-state index in [1.54, 1.807) is 14.2 Å². The maximum Gasteiger partial charge on any atom is 0.195 e. The Kier molecular flexibility index (Phi) is 11.7. The molecule has 7 heteroatoms. The van der Waals surface area contributed by atoms with E-state index in [1.165, 1.54) is 12.8 Å². The second kappa shape index (κ2) is 13.2. The summed E-state index contributed by atoms with van der Waals surface area (Å²) in [7, 11) is 3.49. The van der Waals surface area contributed by atoms with Crippen molar-refractivity contribution in [3.63, 3.8) is 0 Å². The SMILES string of the molecule is CCOCCC1(CNC(=NC)Nc2cccc(OCCCOC)c2)CC1.I. The predicted molar refractivity (Wildman–Crippen MR) is 122 cm³/mol. The first kappa shape index (κ1) is 24.0. The van der Waals surface area contributed by atoms with Crippen LogP contribution in [0.2, 0.25) is 0 Å². The molecule has 1 aliphatic rings. The molecule has 1 aromatic carbocycles. The summed E-state index contributed by atoms with van der Waals surface area (Å²) in [4.78, 5) is 4.33. The molecule has 154 valence electrons. The van der Waals surface area contributed by atoms with E-state index >= 15 is 0 Å². The Labute approximate surface area is 180 Å². The van der Waals surface area contributed by atoms with Crippen molar-refractivity contribution in [1.29, 1.82) is 0 Å². The number of anilines is 1. The minimum atomic E-state index is 0. The molecule has 0 amide bonds. The van der Waals surface area contributed by atoms with Crippen LogP contribution in [-0.4, -0.2) is 53.1 Å². The summed E-state index contributed by atoms with van der Waals surface area (Å²) in [6, 6.07) is 7.94. The summed E-state index contributed by atoms with van der Waals surface area (Å²) in [5, 5.41) is 6.79. The molecule has 0 aromatic heterocycles. The zero-order valence-electron chi connectivity index (χ0n) is 16.8. The van der Waals surface area contributed by atoms with Crippen LogP contribution in [0.4, 0.5) is 5.69 Å². The quantitative estimate of drug-likeness (QED) is 0.201. The molecule has 0 heterocycles. The lowest BCUT2D eigenvalue weighted by molar-refractivity contribution is 0.128. The van der Waals surface area contributed by atoms with Crippen molar-refractivity contribution in [2.75, 3.05) is 52.4 Å². The molecule has 1 aliphatic carbocycles. The lowest BCUT2D eigenvalue weighted by Crippen LogP contribution is -2.35. The number of hydrogen-bond donors (Lipinski definition) is 2. The molecule has 0 atom stereocenters. The molecular formula is C20H34IN3O3. The van der Waals surface area contributed by atoms with Crippen LogP contribution in [0.3, 0.4) is 0 Å². The van der Waals surface area contributed by atoms with Crippen molar-refractivity contribution in [1.82, 2.24) is 5.32 Å². The highest BCUT2D eigenvalue weighted by molar-refractivity contribution is 14.0. The molecule has 0 unspecified atom stereocenters. The van der Waals surface area contributed by atoms with Gasteiger partial charge in [0.2, 0.25) is 0 Å². The summed E-state index contributed by atoms with van der Waals surface area (Å²) >= 11 is 0. The Hall–Kier alpha value is -1.06. The van der Waals surface area contributed by atoms with Crippen molar-refractivity contribution in [3.05, 3.63) is 24.3 Å². The van der Waals surface area contributed by atoms with E-state index in [9.17, 15) is 0 Å². The standard InChI is InChI=1S/C20H33N3O3.HI/c1-4-25-14-11-20(9-10-20)16-22-19(21-2)23-17-7-5-8-18(15-17)26-13-6-12-24-3;/h5,7-8,15H,4,6,9-14,16H2,1-3H3,(H2,21,22,23);1H. The third kappa shape index (κ3) is 9.12. The van der Waals surface area contributed by atoms with E-state index in [1.807, 2.05) is 31.2 Å². The smallest absolute Gasteiger partial charge is 0.195 e. The topological polar surface area (TPSA) is 64.1 Å². The minimum Gasteiger partial charge on any atom is -0.493 e. The van der Waals surface area contributed by atoms with Crippen LogP contribution >= 0.6 is 24.0 Å². The van der Waals surface area contributed by atoms with Gasteiger partial charge in [-0.3, -0.25) is 4.99 Å². The van der Waals surface area contributed by atoms with E-state index in [2.05, 4.69) is 15.6 Å². The van der Waals surface area contributed by atoms with Gasteiger partial charge in [0.15, 0.2) is 5.96 Å². The number of rotatable bonds is 12. The Morgan fingerprint density at radius 3 is 2.70 bits per heavy atom. The zero-order valence-corrected chi connectivity index (χ0v) is 19.1. The molecule has 6 nitrogen and oxygen atoms in total. The van der Waals surface area contributed by atoms with Crippen LogP contribution in [0.5, 0.6) is 5.75 Å². The van der Waals surface area contributed by atoms with Gasteiger partial charge >= 0.3 is 0 Å². The Morgan fingerprint density at radius 2 is 2.04 bits per heavy atom. The Balaban J connectivity index is 0.00000364. The number of nitrogens with zero attached hydrogens (tertiary/aromatic N) is 1. The number of hydrogen-bond acceptors (Lipinski definition) is 4. The maximum absolute atomic E-state index is 5.75. The number of nitrogens with one attached hydrogen (secondary N) is 2. The molecule has 2 N–H and O–H groups in total. The molecule has 0 spiro atoms. The van der Waals surface area contributed by atoms with E-state index in [0.717, 1.165) is 50.0 Å². The maximum atomic E-state index is 5.75. The predicted octanol–water partition coefficient (Wildman–Crippen LogP) is 3.91. The molecule has 2 rings (SSSR count). The first-order valence-corrected chi connectivity index (χ1v) is 9.48. The van der Waals surface area contributed by atoms with Crippen LogP contribution in [0.1, 0.15) is 32.6 Å². The molecular weight excluding hydrogens is 457 g/mol. The van der Waals surface area contributed by atoms with Gasteiger partial charge in [-0.05, 0) is 43.7 Å². The summed E-state index contributed by atoms with van der Waals surface area (Å²) in [6.45, 7) is 5.95. The average Bonchev–Trinajstić information content (AvgIpc) is 3.43. The van der Waals surface area contributed by atoms with Crippen LogP contribution in [0.15, 0.2) is 29.3 Å². The highest BCUT2D eigenvalue weighted by Crippen LogP contribution is 2.48. The van der Waals surface area contributed by atoms with Crippen LogP contribution in [0, 0.1) is 5.41 Å². The molecule has 1 aromatic rings. The molecule has 1 saturated carbocycles. The summed E-state index contributed by atoms with van der Waals surface area (Å²) in [5.74, 6) is 1.63. The van der Waals surface area contributed by atoms with Gasteiger partial charge in [-0.25, -0.2) is 0 Å². The van der Waals surface area contributed by atoms with Gasteiger partial charge < -0.3 is 24.8 Å². The van der Waals surface area contributed by atoms with Crippen LogP contribution in [-0.2, 0) is 9.47 Å². The van der Waals surface area contributed by atoms with E-state index in [0.29, 0.717) is 18.6 Å². The minimum absolute atomic E-state index is 0. The number of halogens is 1. The highest BCUT2D eigenvalue weighted by atomic mass is 127. The van der Waals surface area contributed by atoms with Crippen molar-refractivity contribution >= 4 is 35.6 Å². The van der Waals surface area contributed by atoms with Crippen LogP contribution < -0.4 is 15.4 Å². The second-order valence-corrected chi connectivity index (χ2v) is 6.72. The number of guanidine groups is 1. The first-order chi connectivity index (χ1) is 12.7. The monoisotopic (exact) mass is 491 g/mol. The van der Waals surface area contributed by atoms with Crippen molar-refractivity contribution in [3.8, 4) is 5.75 Å². The summed E-state index contributed by atoms with van der Waals surface area (Å²) < 4.78 is 16.3. The Morgan fingerprint density at radius 1 is 1.22 bits per heavy atom. The fourth-order valence-corrected chi connectivity index (χ4v) is 2.77. The van der Waals surface area contributed by atoms with Gasteiger partial charge in [-0.2, -0.15) is 0 Å². The van der Waals surface area contributed by atoms with Gasteiger partial charge in [0.25, 0.3) is 0 Å². The number of benzene rings is 1. The Bertz CT molecular complexity index is 565. The number of ether oxygens (including phenoxy) is 3. The van der Waals surface area contributed by atoms with Gasteiger partial charge in [-0.15, -0.1) is 24.0 Å². The van der Waals surface area contributed by atoms with Gasteiger partial charge in [-0.1, -0.05) is 6.07 Å². The van der Waals surface area contributed by atoms with E-state index in [-0.39, 0.29) is 24.0 Å². The molecule has 0 saturated heterocycles. The summed E-state index contributed by atoms with van der Waals surface area (Å²) in [6.07, 6.45) is 4.50. The number of methoxy groups -OCH3 is 1. The number of aliphatic imine (C=N–C) groups is 1. The molecule has 0 bridgehead atoms.